The van der Waals surface area contributed by atoms with Crippen molar-refractivity contribution in [2.24, 2.45) is 5.84 Å². The van der Waals surface area contributed by atoms with Crippen LogP contribution < -0.4 is 5.84 Å². The number of carbonyl (C=O) groups excluding carboxylic acids is 1. The predicted octanol–water partition coefficient (Wildman–Crippen LogP) is -0.229. The standard InChI is InChI=1S/C5H12N2O/c1-3-5(8)4-7(2)6/h3-4,6H2,1-2H3. The maximum Gasteiger partial charge on any atom is 0.147 e. The molecule has 0 rings (SSSR count). The van der Waals surface area contributed by atoms with E-state index in [-0.39, 0.29) is 5.78 Å². The average Bonchev–Trinajstić information content (AvgIpc) is 1.65. The van der Waals surface area contributed by atoms with E-state index in [9.17, 15) is 4.79 Å². The summed E-state index contributed by atoms with van der Waals surface area (Å²) in [6, 6.07) is 0. The number of hydrogen-bond acceptors (Lipinski definition) is 3. The van der Waals surface area contributed by atoms with Crippen LogP contribution in [0.4, 0.5) is 0 Å². The second kappa shape index (κ2) is 3.57. The van der Waals surface area contributed by atoms with Gasteiger partial charge in [0, 0.05) is 13.5 Å². The van der Waals surface area contributed by atoms with Crippen molar-refractivity contribution in [1.29, 1.82) is 0 Å². The van der Waals surface area contributed by atoms with E-state index < -0.39 is 0 Å². The number of rotatable bonds is 3. The molecule has 0 aromatic heterocycles. The Kier molecular flexibility index (Phi) is 3.39. The van der Waals surface area contributed by atoms with Gasteiger partial charge in [-0.1, -0.05) is 6.92 Å². The van der Waals surface area contributed by atoms with Gasteiger partial charge in [0.1, 0.15) is 5.78 Å². The minimum Gasteiger partial charge on any atom is -0.298 e. The Morgan fingerprint density at radius 2 is 2.25 bits per heavy atom. The number of nitrogens with two attached hydrogens (primary N) is 1. The summed E-state index contributed by atoms with van der Waals surface area (Å²) in [5, 5.41) is 1.38. The molecule has 48 valence electrons. The van der Waals surface area contributed by atoms with Gasteiger partial charge in [0.15, 0.2) is 0 Å². The first-order valence-corrected chi connectivity index (χ1v) is 2.64. The highest BCUT2D eigenvalue weighted by Crippen LogP contribution is 1.79. The van der Waals surface area contributed by atoms with Crippen LogP contribution in [0, 0.1) is 0 Å². The van der Waals surface area contributed by atoms with E-state index in [1.54, 1.807) is 7.05 Å². The van der Waals surface area contributed by atoms with E-state index in [1.807, 2.05) is 6.92 Å². The van der Waals surface area contributed by atoms with Crippen LogP contribution in [0.15, 0.2) is 0 Å². The molecule has 0 heterocycles. The molecule has 2 N–H and O–H groups in total. The quantitative estimate of drug-likeness (QED) is 0.409. The van der Waals surface area contributed by atoms with Crippen molar-refractivity contribution in [2.45, 2.75) is 13.3 Å². The summed E-state index contributed by atoms with van der Waals surface area (Å²) in [4.78, 5) is 10.5. The molecule has 0 aromatic rings. The average molecular weight is 116 g/mol. The fourth-order valence-corrected chi connectivity index (χ4v) is 0.390. The maximum absolute atomic E-state index is 10.5. The molecular weight excluding hydrogens is 104 g/mol. The lowest BCUT2D eigenvalue weighted by Crippen LogP contribution is -2.31. The Morgan fingerprint density at radius 1 is 1.75 bits per heavy atom. The number of ketones is 1. The minimum atomic E-state index is 0.176. The molecule has 0 atom stereocenters. The van der Waals surface area contributed by atoms with Crippen molar-refractivity contribution in [3.63, 3.8) is 0 Å². The number of hydrogen-bond donors (Lipinski definition) is 1. The van der Waals surface area contributed by atoms with Crippen molar-refractivity contribution in [1.82, 2.24) is 5.01 Å². The van der Waals surface area contributed by atoms with Crippen LogP contribution in [0.25, 0.3) is 0 Å². The second-order valence-corrected chi connectivity index (χ2v) is 1.81. The smallest absolute Gasteiger partial charge is 0.147 e. The molecule has 0 saturated heterocycles. The monoisotopic (exact) mass is 116 g/mol. The highest BCUT2D eigenvalue weighted by molar-refractivity contribution is 5.79. The Morgan fingerprint density at radius 3 is 2.38 bits per heavy atom. The summed E-state index contributed by atoms with van der Waals surface area (Å²) >= 11 is 0. The second-order valence-electron chi connectivity index (χ2n) is 1.81. The summed E-state index contributed by atoms with van der Waals surface area (Å²) < 4.78 is 0. The molecular formula is C5H12N2O. The summed E-state index contributed by atoms with van der Waals surface area (Å²) in [6.07, 6.45) is 0.571. The summed E-state index contributed by atoms with van der Waals surface area (Å²) in [5.74, 6) is 5.36. The van der Waals surface area contributed by atoms with Gasteiger partial charge in [0.2, 0.25) is 0 Å². The fourth-order valence-electron chi connectivity index (χ4n) is 0.390. The molecule has 0 aromatic carbocycles. The van der Waals surface area contributed by atoms with Crippen LogP contribution >= 0.6 is 0 Å². The van der Waals surface area contributed by atoms with Gasteiger partial charge < -0.3 is 0 Å². The van der Waals surface area contributed by atoms with Gasteiger partial charge in [-0.2, -0.15) is 0 Å². The first-order valence-electron chi connectivity index (χ1n) is 2.64. The Hall–Kier alpha value is -0.410. The summed E-state index contributed by atoms with van der Waals surface area (Å²) in [5.41, 5.74) is 0. The van der Waals surface area contributed by atoms with Gasteiger partial charge in [-0.25, -0.2) is 5.01 Å². The van der Waals surface area contributed by atoms with E-state index in [0.717, 1.165) is 0 Å². The highest BCUT2D eigenvalue weighted by atomic mass is 16.1. The lowest BCUT2D eigenvalue weighted by molar-refractivity contribution is -0.119. The normalized spacial score (nSPS) is 10.0. The number of hydrazine groups is 1. The molecule has 0 saturated carbocycles. The number of carbonyl (C=O) groups is 1. The van der Waals surface area contributed by atoms with E-state index in [2.05, 4.69) is 0 Å². The van der Waals surface area contributed by atoms with Gasteiger partial charge >= 0.3 is 0 Å². The lowest BCUT2D eigenvalue weighted by Gasteiger charge is -2.05. The fraction of sp³-hybridized carbons (Fsp3) is 0.800. The first kappa shape index (κ1) is 7.59. The molecule has 0 aliphatic heterocycles. The van der Waals surface area contributed by atoms with Crippen molar-refractivity contribution in [3.05, 3.63) is 0 Å². The topological polar surface area (TPSA) is 46.3 Å². The number of likely N-dealkylation sites (N-methyl/N-ethyl adjacent to an activating group) is 1. The van der Waals surface area contributed by atoms with Crippen molar-refractivity contribution >= 4 is 5.78 Å². The Bertz CT molecular complexity index is 80.5. The van der Waals surface area contributed by atoms with Gasteiger partial charge in [0.05, 0.1) is 6.54 Å². The van der Waals surface area contributed by atoms with Crippen LogP contribution in [0.2, 0.25) is 0 Å². The molecule has 0 fully saturated rings. The van der Waals surface area contributed by atoms with Crippen molar-refractivity contribution in [3.8, 4) is 0 Å². The third-order valence-corrected chi connectivity index (χ3v) is 0.820. The Balaban J connectivity index is 3.25. The molecule has 3 heteroatoms. The molecule has 3 nitrogen and oxygen atoms in total. The van der Waals surface area contributed by atoms with Crippen molar-refractivity contribution < 1.29 is 4.79 Å². The number of nitrogens with zero attached hydrogens (tertiary/aromatic N) is 1. The molecule has 8 heavy (non-hydrogen) atoms. The third-order valence-electron chi connectivity index (χ3n) is 0.820. The van der Waals surface area contributed by atoms with Crippen LogP contribution in [0.1, 0.15) is 13.3 Å². The molecule has 0 radical (unpaired) electrons. The number of Topliss-reactive ketones (excluding diaryl/α,β-unsaturated/α-hetero) is 1. The molecule has 0 amide bonds. The van der Waals surface area contributed by atoms with Crippen LogP contribution in [0.3, 0.4) is 0 Å². The van der Waals surface area contributed by atoms with Gasteiger partial charge in [-0.3, -0.25) is 10.6 Å². The van der Waals surface area contributed by atoms with Gasteiger partial charge in [-0.05, 0) is 0 Å². The molecule has 0 spiro atoms. The van der Waals surface area contributed by atoms with E-state index in [4.69, 9.17) is 5.84 Å². The summed E-state index contributed by atoms with van der Waals surface area (Å²) in [7, 11) is 1.67. The maximum atomic E-state index is 10.5. The SMILES string of the molecule is CCC(=O)CN(C)N. The zero-order valence-electron chi connectivity index (χ0n) is 5.35. The molecule has 0 aliphatic rings. The van der Waals surface area contributed by atoms with Gasteiger partial charge in [0.25, 0.3) is 0 Å². The highest BCUT2D eigenvalue weighted by Gasteiger charge is 1.97. The molecule has 0 unspecified atom stereocenters. The van der Waals surface area contributed by atoms with Gasteiger partial charge in [-0.15, -0.1) is 0 Å². The first-order chi connectivity index (χ1) is 3.66. The third kappa shape index (κ3) is 3.77. The predicted molar refractivity (Wildman–Crippen MR) is 32.1 cm³/mol. The van der Waals surface area contributed by atoms with E-state index in [0.29, 0.717) is 13.0 Å². The van der Waals surface area contributed by atoms with E-state index >= 15 is 0 Å². The lowest BCUT2D eigenvalue weighted by atomic mass is 10.3. The minimum absolute atomic E-state index is 0.176. The molecule has 0 bridgehead atoms. The van der Waals surface area contributed by atoms with Crippen LogP contribution in [-0.4, -0.2) is 24.4 Å². The summed E-state index contributed by atoms with van der Waals surface area (Å²) in [6.45, 7) is 2.18. The van der Waals surface area contributed by atoms with Crippen molar-refractivity contribution in [2.75, 3.05) is 13.6 Å². The largest absolute Gasteiger partial charge is 0.298 e. The Labute approximate surface area is 49.4 Å². The van der Waals surface area contributed by atoms with Crippen LogP contribution in [-0.2, 0) is 4.79 Å². The molecule has 0 aliphatic carbocycles. The zero-order chi connectivity index (χ0) is 6.57. The van der Waals surface area contributed by atoms with E-state index in [1.165, 1.54) is 5.01 Å². The zero-order valence-corrected chi connectivity index (χ0v) is 5.35. The van der Waals surface area contributed by atoms with Crippen LogP contribution in [0.5, 0.6) is 0 Å².